The molecule has 0 aliphatic rings. The van der Waals surface area contributed by atoms with E-state index in [2.05, 4.69) is 15.3 Å². The van der Waals surface area contributed by atoms with Crippen molar-refractivity contribution in [1.82, 2.24) is 9.97 Å². The van der Waals surface area contributed by atoms with E-state index < -0.39 is 16.9 Å². The maximum atomic E-state index is 13.0. The molecule has 0 fully saturated rings. The molecule has 0 unspecified atom stereocenters. The van der Waals surface area contributed by atoms with E-state index in [9.17, 15) is 13.2 Å². The highest BCUT2D eigenvalue weighted by atomic mass is 35.5. The Hall–Kier alpha value is -1.47. The summed E-state index contributed by atoms with van der Waals surface area (Å²) in [5.74, 6) is -0.354. The topological polar surface area (TPSA) is 37.8 Å². The molecule has 0 aliphatic heterocycles. The van der Waals surface area contributed by atoms with Crippen molar-refractivity contribution in [3.05, 3.63) is 41.0 Å². The van der Waals surface area contributed by atoms with Crippen molar-refractivity contribution < 1.29 is 13.2 Å². The van der Waals surface area contributed by atoms with Crippen molar-refractivity contribution in [1.29, 1.82) is 0 Å². The van der Waals surface area contributed by atoms with Gasteiger partial charge in [-0.15, -0.1) is 0 Å². The first-order valence-electron chi connectivity index (χ1n) is 5.42. The van der Waals surface area contributed by atoms with Gasteiger partial charge < -0.3 is 5.32 Å². The standard InChI is InChI=1S/C12H9ClF3N3S/c1-20-11-18-9(13)8(12(14,15)16)10(19-11)17-7-5-3-2-4-6-7/h2-6H,1H3,(H,17,18,19). The Bertz CT molecular complexity index is 605. The van der Waals surface area contributed by atoms with Crippen LogP contribution in [-0.4, -0.2) is 16.2 Å². The number of hydrogen-bond donors (Lipinski definition) is 1. The second kappa shape index (κ2) is 5.88. The van der Waals surface area contributed by atoms with Gasteiger partial charge in [-0.1, -0.05) is 41.6 Å². The van der Waals surface area contributed by atoms with Gasteiger partial charge in [-0.05, 0) is 18.4 Å². The monoisotopic (exact) mass is 319 g/mol. The average Bonchev–Trinajstić information content (AvgIpc) is 2.37. The highest BCUT2D eigenvalue weighted by Crippen LogP contribution is 2.39. The summed E-state index contributed by atoms with van der Waals surface area (Å²) in [6.07, 6.45) is -2.98. The van der Waals surface area contributed by atoms with E-state index in [4.69, 9.17) is 11.6 Å². The largest absolute Gasteiger partial charge is 0.422 e. The van der Waals surface area contributed by atoms with Crippen molar-refractivity contribution in [3.63, 3.8) is 0 Å². The zero-order valence-corrected chi connectivity index (χ0v) is 11.8. The maximum absolute atomic E-state index is 13.0. The van der Waals surface area contributed by atoms with Crippen LogP contribution in [0.3, 0.4) is 0 Å². The van der Waals surface area contributed by atoms with Crippen LogP contribution in [0.25, 0.3) is 0 Å². The fourth-order valence-electron chi connectivity index (χ4n) is 1.51. The van der Waals surface area contributed by atoms with E-state index in [1.54, 1.807) is 36.6 Å². The molecule has 0 aliphatic carbocycles. The number of hydrogen-bond acceptors (Lipinski definition) is 4. The first-order valence-corrected chi connectivity index (χ1v) is 7.03. The Kier molecular flexibility index (Phi) is 4.39. The summed E-state index contributed by atoms with van der Waals surface area (Å²) in [4.78, 5) is 7.47. The second-order valence-corrected chi connectivity index (χ2v) is 4.84. The minimum Gasteiger partial charge on any atom is -0.340 e. The summed E-state index contributed by atoms with van der Waals surface area (Å²) in [6.45, 7) is 0. The fourth-order valence-corrected chi connectivity index (χ4v) is 2.20. The van der Waals surface area contributed by atoms with Crippen molar-refractivity contribution in [2.24, 2.45) is 0 Å². The number of nitrogens with zero attached hydrogens (tertiary/aromatic N) is 2. The van der Waals surface area contributed by atoms with Crippen molar-refractivity contribution in [3.8, 4) is 0 Å². The van der Waals surface area contributed by atoms with Crippen molar-refractivity contribution >= 4 is 34.9 Å². The number of benzene rings is 1. The van der Waals surface area contributed by atoms with Gasteiger partial charge >= 0.3 is 6.18 Å². The van der Waals surface area contributed by atoms with Crippen LogP contribution in [0, 0.1) is 0 Å². The molecule has 8 heteroatoms. The van der Waals surface area contributed by atoms with Crippen LogP contribution in [0.2, 0.25) is 5.15 Å². The maximum Gasteiger partial charge on any atom is 0.422 e. The molecule has 0 atom stereocenters. The molecule has 1 heterocycles. The van der Waals surface area contributed by atoms with Gasteiger partial charge in [0.1, 0.15) is 16.5 Å². The van der Waals surface area contributed by atoms with Gasteiger partial charge in [0, 0.05) is 5.69 Å². The van der Waals surface area contributed by atoms with E-state index >= 15 is 0 Å². The normalized spacial score (nSPS) is 11.4. The zero-order chi connectivity index (χ0) is 14.8. The van der Waals surface area contributed by atoms with Crippen LogP contribution in [0.1, 0.15) is 5.56 Å². The van der Waals surface area contributed by atoms with Gasteiger partial charge in [-0.25, -0.2) is 9.97 Å². The van der Waals surface area contributed by atoms with Gasteiger partial charge in [-0.2, -0.15) is 13.2 Å². The number of para-hydroxylation sites is 1. The molecule has 0 saturated heterocycles. The third-order valence-corrected chi connectivity index (χ3v) is 3.17. The third-order valence-electron chi connectivity index (χ3n) is 2.35. The van der Waals surface area contributed by atoms with Crippen molar-refractivity contribution in [2.45, 2.75) is 11.3 Å². The number of aromatic nitrogens is 2. The molecule has 0 radical (unpaired) electrons. The summed E-state index contributed by atoms with van der Waals surface area (Å²) < 4.78 is 39.1. The molecule has 106 valence electrons. The highest BCUT2D eigenvalue weighted by molar-refractivity contribution is 7.98. The minimum absolute atomic E-state index is 0.168. The number of rotatable bonds is 3. The molecular formula is C12H9ClF3N3S. The summed E-state index contributed by atoms with van der Waals surface area (Å²) in [6, 6.07) is 8.43. The summed E-state index contributed by atoms with van der Waals surface area (Å²) in [5.41, 5.74) is -0.583. The number of thioether (sulfide) groups is 1. The molecule has 1 aromatic heterocycles. The highest BCUT2D eigenvalue weighted by Gasteiger charge is 2.38. The molecule has 1 aromatic carbocycles. The molecular weight excluding hydrogens is 311 g/mol. The average molecular weight is 320 g/mol. The van der Waals surface area contributed by atoms with Crippen LogP contribution in [-0.2, 0) is 6.18 Å². The van der Waals surface area contributed by atoms with E-state index in [0.717, 1.165) is 11.8 Å². The number of anilines is 2. The summed E-state index contributed by atoms with van der Waals surface area (Å²) in [7, 11) is 0. The van der Waals surface area contributed by atoms with Crippen LogP contribution < -0.4 is 5.32 Å². The van der Waals surface area contributed by atoms with Crippen LogP contribution in [0.5, 0.6) is 0 Å². The predicted molar refractivity (Wildman–Crippen MR) is 73.5 cm³/mol. The molecule has 2 rings (SSSR count). The third kappa shape index (κ3) is 3.34. The second-order valence-electron chi connectivity index (χ2n) is 3.71. The molecule has 1 N–H and O–H groups in total. The van der Waals surface area contributed by atoms with Gasteiger partial charge in [0.05, 0.1) is 0 Å². The lowest BCUT2D eigenvalue weighted by molar-refractivity contribution is -0.137. The van der Waals surface area contributed by atoms with Crippen LogP contribution >= 0.6 is 23.4 Å². The Labute approximate surface area is 122 Å². The Morgan fingerprint density at radius 1 is 1.15 bits per heavy atom. The summed E-state index contributed by atoms with van der Waals surface area (Å²) in [5, 5.41) is 2.18. The molecule has 0 amide bonds. The van der Waals surface area contributed by atoms with Gasteiger partial charge in [0.15, 0.2) is 5.16 Å². The fraction of sp³-hybridized carbons (Fsp3) is 0.167. The van der Waals surface area contributed by atoms with Gasteiger partial charge in [-0.3, -0.25) is 0 Å². The van der Waals surface area contributed by atoms with E-state index in [1.165, 1.54) is 0 Å². The predicted octanol–water partition coefficient (Wildman–Crippen LogP) is 4.61. The lowest BCUT2D eigenvalue weighted by atomic mass is 10.2. The number of nitrogens with one attached hydrogen (secondary N) is 1. The number of halogens is 4. The Balaban J connectivity index is 2.51. The molecule has 20 heavy (non-hydrogen) atoms. The molecule has 0 bridgehead atoms. The van der Waals surface area contributed by atoms with E-state index in [-0.39, 0.29) is 11.0 Å². The molecule has 0 saturated carbocycles. The van der Waals surface area contributed by atoms with Crippen LogP contribution in [0.15, 0.2) is 35.5 Å². The summed E-state index contributed by atoms with van der Waals surface area (Å²) >= 11 is 6.75. The molecule has 2 aromatic rings. The molecule has 0 spiro atoms. The van der Waals surface area contributed by atoms with Gasteiger partial charge in [0.25, 0.3) is 0 Å². The first kappa shape index (κ1) is 14.9. The lowest BCUT2D eigenvalue weighted by Crippen LogP contribution is -2.13. The lowest BCUT2D eigenvalue weighted by Gasteiger charge is -2.15. The Morgan fingerprint density at radius 2 is 1.80 bits per heavy atom. The van der Waals surface area contributed by atoms with Crippen LogP contribution in [0.4, 0.5) is 24.7 Å². The first-order chi connectivity index (χ1) is 9.41. The van der Waals surface area contributed by atoms with Gasteiger partial charge in [0.2, 0.25) is 0 Å². The Morgan fingerprint density at radius 3 is 2.35 bits per heavy atom. The number of alkyl halides is 3. The van der Waals surface area contributed by atoms with E-state index in [0.29, 0.717) is 5.69 Å². The SMILES string of the molecule is CSc1nc(Cl)c(C(F)(F)F)c(Nc2ccccc2)n1. The minimum atomic E-state index is -4.63. The van der Waals surface area contributed by atoms with E-state index in [1.807, 2.05) is 0 Å². The smallest absolute Gasteiger partial charge is 0.340 e. The molecule has 3 nitrogen and oxygen atoms in total. The quantitative estimate of drug-likeness (QED) is 0.509. The van der Waals surface area contributed by atoms with Crippen molar-refractivity contribution in [2.75, 3.05) is 11.6 Å². The zero-order valence-electron chi connectivity index (χ0n) is 10.2.